The standard InChI is InChI=1S/C7H13N/c1-2-7(8)4-5-3-6(5)7/h5-6H,2-4,8H2,1H3. The van der Waals surface area contributed by atoms with Crippen molar-refractivity contribution in [2.45, 2.75) is 31.7 Å². The maximum absolute atomic E-state index is 5.99. The molecule has 2 fully saturated rings. The molecule has 8 heavy (non-hydrogen) atoms. The lowest BCUT2D eigenvalue weighted by Crippen LogP contribution is -2.48. The van der Waals surface area contributed by atoms with Crippen molar-refractivity contribution in [1.82, 2.24) is 0 Å². The number of hydrogen-bond donors (Lipinski definition) is 1. The Kier molecular flexibility index (Phi) is 0.663. The van der Waals surface area contributed by atoms with Gasteiger partial charge in [-0.2, -0.15) is 0 Å². The van der Waals surface area contributed by atoms with Crippen LogP contribution in [0.2, 0.25) is 0 Å². The molecule has 0 radical (unpaired) electrons. The van der Waals surface area contributed by atoms with Crippen LogP contribution in [-0.4, -0.2) is 5.54 Å². The first-order valence-corrected chi connectivity index (χ1v) is 3.55. The third kappa shape index (κ3) is 0.368. The molecule has 1 heteroatoms. The molecule has 3 atom stereocenters. The van der Waals surface area contributed by atoms with E-state index < -0.39 is 0 Å². The fourth-order valence-corrected chi connectivity index (χ4v) is 2.06. The summed E-state index contributed by atoms with van der Waals surface area (Å²) in [7, 11) is 0. The molecule has 0 aromatic carbocycles. The van der Waals surface area contributed by atoms with Crippen LogP contribution in [0.3, 0.4) is 0 Å². The molecule has 0 aromatic heterocycles. The minimum atomic E-state index is 0.296. The molecular formula is C7H13N. The Morgan fingerprint density at radius 3 is 2.62 bits per heavy atom. The van der Waals surface area contributed by atoms with E-state index in [2.05, 4.69) is 6.92 Å². The largest absolute Gasteiger partial charge is 0.325 e. The van der Waals surface area contributed by atoms with Gasteiger partial charge in [-0.3, -0.25) is 0 Å². The van der Waals surface area contributed by atoms with Gasteiger partial charge in [0.2, 0.25) is 0 Å². The Morgan fingerprint density at radius 2 is 2.50 bits per heavy atom. The maximum Gasteiger partial charge on any atom is 0.0185 e. The Labute approximate surface area is 50.3 Å². The fourth-order valence-electron chi connectivity index (χ4n) is 2.06. The van der Waals surface area contributed by atoms with E-state index in [1.165, 1.54) is 19.3 Å². The summed E-state index contributed by atoms with van der Waals surface area (Å²) < 4.78 is 0. The predicted molar refractivity (Wildman–Crippen MR) is 33.4 cm³/mol. The van der Waals surface area contributed by atoms with Crippen molar-refractivity contribution < 1.29 is 0 Å². The second-order valence-electron chi connectivity index (χ2n) is 3.39. The van der Waals surface area contributed by atoms with Gasteiger partial charge in [0.1, 0.15) is 0 Å². The van der Waals surface area contributed by atoms with Crippen LogP contribution in [0.4, 0.5) is 0 Å². The zero-order valence-electron chi connectivity index (χ0n) is 5.35. The molecule has 0 amide bonds. The highest BCUT2D eigenvalue weighted by atomic mass is 14.9. The zero-order chi connectivity index (χ0) is 5.78. The molecule has 46 valence electrons. The van der Waals surface area contributed by atoms with Crippen molar-refractivity contribution in [1.29, 1.82) is 0 Å². The van der Waals surface area contributed by atoms with Gasteiger partial charge in [-0.25, -0.2) is 0 Å². The molecule has 2 saturated carbocycles. The lowest BCUT2D eigenvalue weighted by atomic mass is 9.76. The smallest absolute Gasteiger partial charge is 0.0185 e. The first kappa shape index (κ1) is 4.80. The van der Waals surface area contributed by atoms with Crippen LogP contribution in [0.15, 0.2) is 0 Å². The molecule has 0 aromatic rings. The molecule has 2 N–H and O–H groups in total. The second-order valence-corrected chi connectivity index (χ2v) is 3.39. The number of fused-ring (bicyclic) bond motifs is 1. The summed E-state index contributed by atoms with van der Waals surface area (Å²) in [5.41, 5.74) is 6.28. The molecule has 1 nitrogen and oxygen atoms in total. The quantitative estimate of drug-likeness (QED) is 0.539. The Balaban J connectivity index is 2.06. The number of rotatable bonds is 1. The molecule has 0 bridgehead atoms. The van der Waals surface area contributed by atoms with Gasteiger partial charge in [0.15, 0.2) is 0 Å². The first-order chi connectivity index (χ1) is 3.76. The van der Waals surface area contributed by atoms with Crippen LogP contribution in [0.1, 0.15) is 26.2 Å². The molecule has 2 rings (SSSR count). The average Bonchev–Trinajstić information content (AvgIpc) is 2.40. The third-order valence-corrected chi connectivity index (χ3v) is 2.96. The number of hydrogen-bond acceptors (Lipinski definition) is 1. The topological polar surface area (TPSA) is 26.0 Å². The predicted octanol–water partition coefficient (Wildman–Crippen LogP) is 1.13. The van der Waals surface area contributed by atoms with Gasteiger partial charge in [0.25, 0.3) is 0 Å². The van der Waals surface area contributed by atoms with Gasteiger partial charge in [-0.05, 0) is 31.1 Å². The van der Waals surface area contributed by atoms with Crippen LogP contribution >= 0.6 is 0 Å². The summed E-state index contributed by atoms with van der Waals surface area (Å²) >= 11 is 0. The minimum Gasteiger partial charge on any atom is -0.325 e. The molecule has 0 saturated heterocycles. The third-order valence-electron chi connectivity index (χ3n) is 2.96. The van der Waals surface area contributed by atoms with Crippen molar-refractivity contribution in [3.8, 4) is 0 Å². The Hall–Kier alpha value is -0.0400. The van der Waals surface area contributed by atoms with Crippen molar-refractivity contribution in [3.05, 3.63) is 0 Å². The van der Waals surface area contributed by atoms with Gasteiger partial charge in [0, 0.05) is 5.54 Å². The average molecular weight is 111 g/mol. The SMILES string of the molecule is CCC1(N)CC2CC21. The Morgan fingerprint density at radius 1 is 1.75 bits per heavy atom. The molecule has 0 heterocycles. The van der Waals surface area contributed by atoms with E-state index >= 15 is 0 Å². The zero-order valence-corrected chi connectivity index (χ0v) is 5.35. The molecule has 0 spiro atoms. The summed E-state index contributed by atoms with van der Waals surface area (Å²) in [4.78, 5) is 0. The van der Waals surface area contributed by atoms with E-state index in [1.54, 1.807) is 0 Å². The minimum absolute atomic E-state index is 0.296. The van der Waals surface area contributed by atoms with Crippen molar-refractivity contribution >= 4 is 0 Å². The van der Waals surface area contributed by atoms with Crippen LogP contribution in [-0.2, 0) is 0 Å². The van der Waals surface area contributed by atoms with Crippen molar-refractivity contribution in [3.63, 3.8) is 0 Å². The molecular weight excluding hydrogens is 98.1 g/mol. The van der Waals surface area contributed by atoms with Crippen LogP contribution < -0.4 is 5.73 Å². The molecule has 0 aliphatic heterocycles. The lowest BCUT2D eigenvalue weighted by molar-refractivity contribution is 0.217. The number of nitrogens with two attached hydrogens (primary N) is 1. The van der Waals surface area contributed by atoms with Gasteiger partial charge < -0.3 is 5.73 Å². The van der Waals surface area contributed by atoms with E-state index in [0.717, 1.165) is 11.8 Å². The normalized spacial score (nSPS) is 59.2. The van der Waals surface area contributed by atoms with E-state index in [4.69, 9.17) is 5.73 Å². The van der Waals surface area contributed by atoms with Crippen LogP contribution in [0, 0.1) is 11.8 Å². The monoisotopic (exact) mass is 111 g/mol. The van der Waals surface area contributed by atoms with Crippen LogP contribution in [0.5, 0.6) is 0 Å². The van der Waals surface area contributed by atoms with Crippen molar-refractivity contribution in [2.24, 2.45) is 17.6 Å². The van der Waals surface area contributed by atoms with E-state index in [-0.39, 0.29) is 0 Å². The Bertz CT molecular complexity index is 122. The lowest BCUT2D eigenvalue weighted by Gasteiger charge is -2.36. The summed E-state index contributed by atoms with van der Waals surface area (Å²) in [5, 5.41) is 0. The fraction of sp³-hybridized carbons (Fsp3) is 1.00. The first-order valence-electron chi connectivity index (χ1n) is 3.55. The summed E-state index contributed by atoms with van der Waals surface area (Å²) in [6.45, 7) is 2.20. The molecule has 3 unspecified atom stereocenters. The highest BCUT2D eigenvalue weighted by Gasteiger charge is 2.60. The van der Waals surface area contributed by atoms with Gasteiger partial charge in [-0.15, -0.1) is 0 Å². The molecule has 2 aliphatic rings. The van der Waals surface area contributed by atoms with Gasteiger partial charge in [-0.1, -0.05) is 6.92 Å². The maximum atomic E-state index is 5.99. The summed E-state index contributed by atoms with van der Waals surface area (Å²) in [5.74, 6) is 1.99. The highest BCUT2D eigenvalue weighted by Crippen LogP contribution is 2.61. The van der Waals surface area contributed by atoms with E-state index in [1.807, 2.05) is 0 Å². The van der Waals surface area contributed by atoms with Crippen molar-refractivity contribution in [2.75, 3.05) is 0 Å². The second kappa shape index (κ2) is 1.10. The van der Waals surface area contributed by atoms with E-state index in [9.17, 15) is 0 Å². The summed E-state index contributed by atoms with van der Waals surface area (Å²) in [6, 6.07) is 0. The highest BCUT2D eigenvalue weighted by molar-refractivity contribution is 5.15. The van der Waals surface area contributed by atoms with Crippen LogP contribution in [0.25, 0.3) is 0 Å². The summed E-state index contributed by atoms with van der Waals surface area (Å²) in [6.07, 6.45) is 3.94. The van der Waals surface area contributed by atoms with Gasteiger partial charge >= 0.3 is 0 Å². The van der Waals surface area contributed by atoms with Gasteiger partial charge in [0.05, 0.1) is 0 Å². The molecule has 2 aliphatic carbocycles. The van der Waals surface area contributed by atoms with E-state index in [0.29, 0.717) is 5.54 Å².